The summed E-state index contributed by atoms with van der Waals surface area (Å²) in [5.41, 5.74) is 2.25. The Hall–Kier alpha value is -1.79. The molecule has 0 atom stereocenters. The molecule has 1 aliphatic heterocycles. The number of rotatable bonds is 4. The smallest absolute Gasteiger partial charge is 0.231 e. The van der Waals surface area contributed by atoms with Crippen molar-refractivity contribution in [2.75, 3.05) is 6.79 Å². The van der Waals surface area contributed by atoms with Crippen molar-refractivity contribution in [3.8, 4) is 11.5 Å². The maximum absolute atomic E-state index is 5.36. The fourth-order valence-corrected chi connectivity index (χ4v) is 2.68. The van der Waals surface area contributed by atoms with Crippen LogP contribution in [0.5, 0.6) is 11.5 Å². The maximum atomic E-state index is 5.36. The Morgan fingerprint density at radius 1 is 1.05 bits per heavy atom. The predicted molar refractivity (Wildman–Crippen MR) is 93.0 cm³/mol. The molecule has 6 heteroatoms. The zero-order valence-electron chi connectivity index (χ0n) is 11.8. The van der Waals surface area contributed by atoms with Crippen LogP contribution in [-0.4, -0.2) is 11.9 Å². The van der Waals surface area contributed by atoms with Crippen molar-refractivity contribution in [2.24, 2.45) is 0 Å². The molecule has 0 bridgehead atoms. The van der Waals surface area contributed by atoms with Crippen molar-refractivity contribution in [2.45, 2.75) is 13.1 Å². The second-order valence-electron chi connectivity index (χ2n) is 4.82. The van der Waals surface area contributed by atoms with E-state index in [9.17, 15) is 0 Å². The van der Waals surface area contributed by atoms with Gasteiger partial charge >= 0.3 is 0 Å². The van der Waals surface area contributed by atoms with Gasteiger partial charge < -0.3 is 20.1 Å². The van der Waals surface area contributed by atoms with E-state index in [1.165, 1.54) is 0 Å². The Morgan fingerprint density at radius 3 is 2.68 bits per heavy atom. The summed E-state index contributed by atoms with van der Waals surface area (Å²) in [4.78, 5) is 0. The molecule has 0 unspecified atom stereocenters. The van der Waals surface area contributed by atoms with Crippen LogP contribution in [0.1, 0.15) is 11.1 Å². The second kappa shape index (κ2) is 6.98. The van der Waals surface area contributed by atoms with Crippen LogP contribution in [0.2, 0.25) is 0 Å². The topological polar surface area (TPSA) is 42.5 Å². The Bertz CT molecular complexity index is 694. The van der Waals surface area contributed by atoms with E-state index in [1.54, 1.807) is 0 Å². The molecule has 0 fully saturated rings. The first kappa shape index (κ1) is 15.1. The summed E-state index contributed by atoms with van der Waals surface area (Å²) in [7, 11) is 0. The van der Waals surface area contributed by atoms with Crippen LogP contribution in [0.4, 0.5) is 0 Å². The van der Waals surface area contributed by atoms with Crippen LogP contribution in [0, 0.1) is 0 Å². The molecule has 0 amide bonds. The van der Waals surface area contributed by atoms with Crippen molar-refractivity contribution < 1.29 is 9.47 Å². The molecule has 2 N–H and O–H groups in total. The standard InChI is InChI=1S/C16H15BrN2O2S/c17-13-4-2-1-3-12(13)9-19-16(22)18-8-11-5-6-14-15(7-11)21-10-20-14/h1-7H,8-10H2,(H2,18,19,22). The van der Waals surface area contributed by atoms with E-state index >= 15 is 0 Å². The minimum absolute atomic E-state index is 0.290. The van der Waals surface area contributed by atoms with Crippen molar-refractivity contribution in [3.05, 3.63) is 58.1 Å². The van der Waals surface area contributed by atoms with Crippen LogP contribution < -0.4 is 20.1 Å². The van der Waals surface area contributed by atoms with Gasteiger partial charge in [-0.05, 0) is 41.5 Å². The normalized spacial score (nSPS) is 12.0. The molecule has 1 aliphatic rings. The van der Waals surface area contributed by atoms with Crippen molar-refractivity contribution in [1.82, 2.24) is 10.6 Å². The summed E-state index contributed by atoms with van der Waals surface area (Å²) >= 11 is 8.82. The van der Waals surface area contributed by atoms with Crippen LogP contribution in [-0.2, 0) is 13.1 Å². The van der Waals surface area contributed by atoms with E-state index in [2.05, 4.69) is 32.6 Å². The molecule has 0 aromatic heterocycles. The first-order valence-electron chi connectivity index (χ1n) is 6.86. The Balaban J connectivity index is 1.49. The number of benzene rings is 2. The highest BCUT2D eigenvalue weighted by molar-refractivity contribution is 9.10. The summed E-state index contributed by atoms with van der Waals surface area (Å²) in [5, 5.41) is 7.00. The van der Waals surface area contributed by atoms with Gasteiger partial charge in [-0.2, -0.15) is 0 Å². The molecule has 0 saturated heterocycles. The van der Waals surface area contributed by atoms with Crippen LogP contribution >= 0.6 is 28.1 Å². The summed E-state index contributed by atoms with van der Waals surface area (Å²) < 4.78 is 11.7. The molecule has 2 aromatic carbocycles. The van der Waals surface area contributed by atoms with E-state index in [4.69, 9.17) is 21.7 Å². The lowest BCUT2D eigenvalue weighted by Crippen LogP contribution is -2.34. The average molecular weight is 379 g/mol. The monoisotopic (exact) mass is 378 g/mol. The van der Waals surface area contributed by atoms with Crippen molar-refractivity contribution in [1.29, 1.82) is 0 Å². The fourth-order valence-electron chi connectivity index (χ4n) is 2.11. The zero-order chi connectivity index (χ0) is 15.4. The average Bonchev–Trinajstić information content (AvgIpc) is 2.99. The number of halogens is 1. The molecular formula is C16H15BrN2O2S. The van der Waals surface area contributed by atoms with Gasteiger partial charge in [-0.3, -0.25) is 0 Å². The Kier molecular flexibility index (Phi) is 4.80. The van der Waals surface area contributed by atoms with E-state index in [0.717, 1.165) is 27.1 Å². The van der Waals surface area contributed by atoms with Crippen LogP contribution in [0.25, 0.3) is 0 Å². The fraction of sp³-hybridized carbons (Fsp3) is 0.188. The SMILES string of the molecule is S=C(NCc1ccc2c(c1)OCO2)NCc1ccccc1Br. The summed E-state index contributed by atoms with van der Waals surface area (Å²) in [6.07, 6.45) is 0. The van der Waals surface area contributed by atoms with Gasteiger partial charge in [-0.25, -0.2) is 0 Å². The first-order valence-corrected chi connectivity index (χ1v) is 8.06. The molecule has 3 rings (SSSR count). The lowest BCUT2D eigenvalue weighted by Gasteiger charge is -2.11. The van der Waals surface area contributed by atoms with Gasteiger partial charge in [0.25, 0.3) is 0 Å². The largest absolute Gasteiger partial charge is 0.454 e. The molecule has 0 saturated carbocycles. The number of hydrogen-bond acceptors (Lipinski definition) is 3. The third-order valence-corrected chi connectivity index (χ3v) is 4.35. The first-order chi connectivity index (χ1) is 10.7. The maximum Gasteiger partial charge on any atom is 0.231 e. The molecule has 114 valence electrons. The highest BCUT2D eigenvalue weighted by Gasteiger charge is 2.13. The lowest BCUT2D eigenvalue weighted by atomic mass is 10.2. The summed E-state index contributed by atoms with van der Waals surface area (Å²) in [6, 6.07) is 13.9. The number of hydrogen-bond donors (Lipinski definition) is 2. The van der Waals surface area contributed by atoms with E-state index in [-0.39, 0.29) is 6.79 Å². The van der Waals surface area contributed by atoms with Gasteiger partial charge in [0.2, 0.25) is 6.79 Å². The van der Waals surface area contributed by atoms with E-state index < -0.39 is 0 Å². The quantitative estimate of drug-likeness (QED) is 0.798. The lowest BCUT2D eigenvalue weighted by molar-refractivity contribution is 0.174. The minimum Gasteiger partial charge on any atom is -0.454 e. The van der Waals surface area contributed by atoms with Crippen molar-refractivity contribution >= 4 is 33.3 Å². The van der Waals surface area contributed by atoms with Crippen molar-refractivity contribution in [3.63, 3.8) is 0 Å². The molecule has 1 heterocycles. The van der Waals surface area contributed by atoms with Gasteiger partial charge in [0, 0.05) is 17.6 Å². The third-order valence-electron chi connectivity index (χ3n) is 3.29. The summed E-state index contributed by atoms with van der Waals surface area (Å²) in [5.74, 6) is 1.57. The third kappa shape index (κ3) is 3.69. The van der Waals surface area contributed by atoms with Gasteiger partial charge in [-0.1, -0.05) is 40.2 Å². The number of nitrogens with one attached hydrogen (secondary N) is 2. The number of ether oxygens (including phenoxy) is 2. The van der Waals surface area contributed by atoms with Crippen LogP contribution in [0.15, 0.2) is 46.9 Å². The molecule has 4 nitrogen and oxygen atoms in total. The predicted octanol–water partition coefficient (Wildman–Crippen LogP) is 3.34. The second-order valence-corrected chi connectivity index (χ2v) is 6.08. The Morgan fingerprint density at radius 2 is 1.82 bits per heavy atom. The van der Waals surface area contributed by atoms with Crippen LogP contribution in [0.3, 0.4) is 0 Å². The van der Waals surface area contributed by atoms with Gasteiger partial charge in [0.05, 0.1) is 0 Å². The number of thiocarbonyl (C=S) groups is 1. The molecule has 0 aliphatic carbocycles. The molecule has 2 aromatic rings. The molecule has 22 heavy (non-hydrogen) atoms. The minimum atomic E-state index is 0.290. The van der Waals surface area contributed by atoms with Gasteiger partial charge in [0.1, 0.15) is 0 Å². The highest BCUT2D eigenvalue weighted by Crippen LogP contribution is 2.32. The van der Waals surface area contributed by atoms with E-state index in [0.29, 0.717) is 18.2 Å². The van der Waals surface area contributed by atoms with Gasteiger partial charge in [-0.15, -0.1) is 0 Å². The molecule has 0 radical (unpaired) electrons. The molecule has 0 spiro atoms. The summed E-state index contributed by atoms with van der Waals surface area (Å²) in [6.45, 7) is 1.60. The highest BCUT2D eigenvalue weighted by atomic mass is 79.9. The number of fused-ring (bicyclic) bond motifs is 1. The van der Waals surface area contributed by atoms with E-state index in [1.807, 2.05) is 36.4 Å². The molecular weight excluding hydrogens is 364 g/mol. The Labute approximate surface area is 142 Å². The zero-order valence-corrected chi connectivity index (χ0v) is 14.2. The van der Waals surface area contributed by atoms with Gasteiger partial charge in [0.15, 0.2) is 16.6 Å².